The number of aliphatic hydroxyl groups is 2. The fraction of sp³-hybridized carbons (Fsp3) is 0.778. The average Bonchev–Trinajstić information content (AvgIpc) is 2.03. The van der Waals surface area contributed by atoms with Gasteiger partial charge in [-0.3, -0.25) is 0 Å². The van der Waals surface area contributed by atoms with Gasteiger partial charge in [0.2, 0.25) is 0 Å². The van der Waals surface area contributed by atoms with E-state index >= 15 is 0 Å². The van der Waals surface area contributed by atoms with Crippen molar-refractivity contribution in [2.75, 3.05) is 6.61 Å². The lowest BCUT2D eigenvalue weighted by Gasteiger charge is -2.04. The monoisotopic (exact) mass is 202 g/mol. The zero-order valence-corrected chi connectivity index (χ0v) is 9.12. The van der Waals surface area contributed by atoms with Crippen LogP contribution in [0.15, 0.2) is 12.3 Å². The summed E-state index contributed by atoms with van der Waals surface area (Å²) in [5.74, 6) is -0.0833. The van der Waals surface area contributed by atoms with E-state index in [9.17, 15) is 5.11 Å². The van der Waals surface area contributed by atoms with E-state index in [0.717, 1.165) is 18.9 Å². The molecule has 0 bridgehead atoms. The minimum Gasteiger partial charge on any atom is -0.876 e. The van der Waals surface area contributed by atoms with Crippen molar-refractivity contribution in [2.24, 2.45) is 0 Å². The van der Waals surface area contributed by atoms with E-state index in [4.69, 9.17) is 10.2 Å². The molecule has 1 atom stereocenters. The predicted octanol–water partition coefficient (Wildman–Crippen LogP) is -0.0230. The van der Waals surface area contributed by atoms with Crippen LogP contribution < -0.4 is 5.11 Å². The summed E-state index contributed by atoms with van der Waals surface area (Å²) in [4.78, 5) is 0. The molecule has 4 heteroatoms. The van der Waals surface area contributed by atoms with Gasteiger partial charge in [-0.05, 0) is 6.42 Å². The van der Waals surface area contributed by atoms with Gasteiger partial charge in [0.05, 0.1) is 12.7 Å². The van der Waals surface area contributed by atoms with Crippen LogP contribution in [0.2, 0.25) is 6.04 Å². The quantitative estimate of drug-likeness (QED) is 0.374. The Morgan fingerprint density at radius 1 is 1.54 bits per heavy atom. The van der Waals surface area contributed by atoms with Gasteiger partial charge in [-0.1, -0.05) is 25.8 Å². The third-order valence-electron chi connectivity index (χ3n) is 1.17. The van der Waals surface area contributed by atoms with Crippen LogP contribution in [0, 0.1) is 0 Å². The molecule has 1 unspecified atom stereocenters. The van der Waals surface area contributed by atoms with Gasteiger partial charge in [-0.15, -0.1) is 12.3 Å². The highest BCUT2D eigenvalue weighted by Crippen LogP contribution is 2.01. The SMILES string of the molecule is C=C(C)[O-].OCC(O)CCCC[Si]. The molecule has 2 N–H and O–H groups in total. The summed E-state index contributed by atoms with van der Waals surface area (Å²) in [6, 6.07) is 0.970. The summed E-state index contributed by atoms with van der Waals surface area (Å²) in [5.41, 5.74) is 0. The number of hydrogen-bond donors (Lipinski definition) is 2. The van der Waals surface area contributed by atoms with Crippen molar-refractivity contribution in [3.63, 3.8) is 0 Å². The predicted molar refractivity (Wildman–Crippen MR) is 52.3 cm³/mol. The second-order valence-electron chi connectivity index (χ2n) is 2.78. The Morgan fingerprint density at radius 2 is 2.00 bits per heavy atom. The largest absolute Gasteiger partial charge is 0.876 e. The van der Waals surface area contributed by atoms with E-state index < -0.39 is 6.10 Å². The van der Waals surface area contributed by atoms with Crippen LogP contribution in [0.3, 0.4) is 0 Å². The van der Waals surface area contributed by atoms with Crippen molar-refractivity contribution in [3.05, 3.63) is 12.3 Å². The summed E-state index contributed by atoms with van der Waals surface area (Å²) < 4.78 is 0. The lowest BCUT2D eigenvalue weighted by Crippen LogP contribution is -2.10. The first-order chi connectivity index (χ1) is 6.04. The first-order valence-corrected chi connectivity index (χ1v) is 5.01. The summed E-state index contributed by atoms with van der Waals surface area (Å²) in [5, 5.41) is 26.5. The second-order valence-corrected chi connectivity index (χ2v) is 3.28. The maximum Gasteiger partial charge on any atom is 0.0770 e. The van der Waals surface area contributed by atoms with Crippen LogP contribution in [0.4, 0.5) is 0 Å². The van der Waals surface area contributed by atoms with E-state index in [-0.39, 0.29) is 12.4 Å². The molecule has 0 amide bonds. The maximum atomic E-state index is 9.33. The minimum absolute atomic E-state index is 0.0833. The molecule has 0 rings (SSSR count). The standard InChI is InChI=1S/C6H13O2Si.C3H6O/c7-5-6(8)3-1-2-4-9;1-3(2)4/h6-8H,1-5H2;4H,1H2,2H3/p-1. The van der Waals surface area contributed by atoms with Crippen molar-refractivity contribution in [3.8, 4) is 0 Å². The lowest BCUT2D eigenvalue weighted by molar-refractivity contribution is -0.300. The fourth-order valence-electron chi connectivity index (χ4n) is 0.596. The molecule has 0 aromatic rings. The van der Waals surface area contributed by atoms with Crippen molar-refractivity contribution < 1.29 is 15.3 Å². The van der Waals surface area contributed by atoms with Crippen molar-refractivity contribution in [2.45, 2.75) is 38.3 Å². The van der Waals surface area contributed by atoms with Gasteiger partial charge in [0.25, 0.3) is 0 Å². The average molecular weight is 202 g/mol. The minimum atomic E-state index is -0.511. The Labute approximate surface area is 83.5 Å². The number of allylic oxidation sites excluding steroid dienone is 1. The Kier molecular flexibility index (Phi) is 13.6. The normalized spacial score (nSPS) is 11.4. The van der Waals surface area contributed by atoms with Crippen LogP contribution in [-0.4, -0.2) is 33.2 Å². The summed E-state index contributed by atoms with van der Waals surface area (Å²) >= 11 is 0. The van der Waals surface area contributed by atoms with Gasteiger partial charge in [0, 0.05) is 10.2 Å². The van der Waals surface area contributed by atoms with Gasteiger partial charge in [0.1, 0.15) is 0 Å². The zero-order valence-electron chi connectivity index (χ0n) is 8.12. The molecule has 3 nitrogen and oxygen atoms in total. The van der Waals surface area contributed by atoms with E-state index in [1.807, 2.05) is 0 Å². The molecule has 77 valence electrons. The summed E-state index contributed by atoms with van der Waals surface area (Å²) in [6.07, 6.45) is 2.24. The van der Waals surface area contributed by atoms with E-state index in [1.165, 1.54) is 6.92 Å². The van der Waals surface area contributed by atoms with Crippen LogP contribution in [0.25, 0.3) is 0 Å². The van der Waals surface area contributed by atoms with Crippen LogP contribution >= 0.6 is 0 Å². The third kappa shape index (κ3) is 24.5. The molecule has 13 heavy (non-hydrogen) atoms. The third-order valence-corrected chi connectivity index (χ3v) is 1.53. The second kappa shape index (κ2) is 11.7. The summed E-state index contributed by atoms with van der Waals surface area (Å²) in [7, 11) is 3.32. The number of rotatable bonds is 5. The molecule has 0 aromatic heterocycles. The van der Waals surface area contributed by atoms with Gasteiger partial charge >= 0.3 is 0 Å². The Hall–Kier alpha value is -0.323. The highest BCUT2D eigenvalue weighted by molar-refractivity contribution is 6.08. The number of hydrogen-bond acceptors (Lipinski definition) is 3. The van der Waals surface area contributed by atoms with Crippen LogP contribution in [0.1, 0.15) is 26.2 Å². The molecule has 0 aliphatic carbocycles. The maximum absolute atomic E-state index is 9.33. The van der Waals surface area contributed by atoms with Gasteiger partial charge < -0.3 is 15.3 Å². The Balaban J connectivity index is 0. The molecule has 0 saturated carbocycles. The smallest absolute Gasteiger partial charge is 0.0770 e. The molecule has 3 radical (unpaired) electrons. The Bertz CT molecular complexity index is 113. The highest BCUT2D eigenvalue weighted by atomic mass is 28.1. The van der Waals surface area contributed by atoms with Crippen LogP contribution in [-0.2, 0) is 0 Å². The Morgan fingerprint density at radius 3 is 2.31 bits per heavy atom. The van der Waals surface area contributed by atoms with E-state index in [2.05, 4.69) is 16.8 Å². The fourth-order valence-corrected chi connectivity index (χ4v) is 0.846. The molecule has 0 fully saturated rings. The van der Waals surface area contributed by atoms with Gasteiger partial charge in [-0.25, -0.2) is 0 Å². The molecule has 0 aromatic carbocycles. The van der Waals surface area contributed by atoms with E-state index in [0.29, 0.717) is 6.42 Å². The topological polar surface area (TPSA) is 63.5 Å². The van der Waals surface area contributed by atoms with Gasteiger partial charge in [0.15, 0.2) is 0 Å². The molecule has 0 aliphatic heterocycles. The van der Waals surface area contributed by atoms with Crippen molar-refractivity contribution >= 4 is 10.2 Å². The van der Waals surface area contributed by atoms with Crippen molar-refractivity contribution in [1.82, 2.24) is 0 Å². The first kappa shape index (κ1) is 15.2. The van der Waals surface area contributed by atoms with Gasteiger partial charge in [-0.2, -0.15) is 0 Å². The molecular weight excluding hydrogens is 184 g/mol. The molecule has 0 aliphatic rings. The highest BCUT2D eigenvalue weighted by Gasteiger charge is 1.98. The number of aliphatic hydroxyl groups excluding tert-OH is 2. The summed E-state index contributed by atoms with van der Waals surface area (Å²) in [6.45, 7) is 4.31. The van der Waals surface area contributed by atoms with Crippen molar-refractivity contribution in [1.29, 1.82) is 0 Å². The van der Waals surface area contributed by atoms with E-state index in [1.54, 1.807) is 0 Å². The molecular formula is C9H18O3Si-. The first-order valence-electron chi connectivity index (χ1n) is 4.30. The molecule has 0 heterocycles. The number of unbranched alkanes of at least 4 members (excludes halogenated alkanes) is 1. The lowest BCUT2D eigenvalue weighted by atomic mass is 10.2. The molecule has 0 saturated heterocycles. The zero-order chi connectivity index (χ0) is 10.7. The molecule has 0 spiro atoms. The van der Waals surface area contributed by atoms with Crippen LogP contribution in [0.5, 0.6) is 0 Å².